The molecule has 0 aromatic heterocycles. The van der Waals surface area contributed by atoms with Gasteiger partial charge in [-0.15, -0.1) is 0 Å². The van der Waals surface area contributed by atoms with Crippen molar-refractivity contribution in [2.45, 2.75) is 206 Å². The van der Waals surface area contributed by atoms with Gasteiger partial charge in [0.15, 0.2) is 6.10 Å². The molecule has 0 aromatic carbocycles. The first-order valence-electron chi connectivity index (χ1n) is 19.9. The van der Waals surface area contributed by atoms with Crippen LogP contribution in [0, 0.1) is 0 Å². The van der Waals surface area contributed by atoms with Crippen LogP contribution in [0.25, 0.3) is 0 Å². The zero-order valence-corrected chi connectivity index (χ0v) is 32.3. The molecule has 9 heteroatoms. The average molecular weight is 705 g/mol. The van der Waals surface area contributed by atoms with Gasteiger partial charge in [-0.1, -0.05) is 168 Å². The lowest BCUT2D eigenvalue weighted by molar-refractivity contribution is -0.152. The number of unbranched alkanes of at least 4 members (excludes halogenated alkanes) is 24. The summed E-state index contributed by atoms with van der Waals surface area (Å²) in [5, 5.41) is 0. The van der Waals surface area contributed by atoms with E-state index in [-0.39, 0.29) is 25.2 Å². The molecule has 0 aromatic rings. The summed E-state index contributed by atoms with van der Waals surface area (Å²) in [6.45, 7) is 5.41. The Morgan fingerprint density at radius 3 is 1.15 bits per heavy atom. The molecule has 47 heavy (non-hydrogen) atoms. The number of esters is 2. The first-order valence-corrected chi connectivity index (χ1v) is 22.4. The highest BCUT2D eigenvalue weighted by molar-refractivity contribution is 8.36. The Hall–Kier alpha value is -0.400. The third kappa shape index (κ3) is 29.1. The number of carbonyl (C=O) groups excluding carboxylic acids is 2. The SMILES string of the molecule is CCCCCCCCCCCCCCCC(=O)OCC(COC(=O)CCCCCCCCCCCCCCC)O[P+]1([S-])OCCCO1. The van der Waals surface area contributed by atoms with E-state index in [4.69, 9.17) is 35.3 Å². The van der Waals surface area contributed by atoms with Crippen molar-refractivity contribution in [1.82, 2.24) is 0 Å². The lowest BCUT2D eigenvalue weighted by Crippen LogP contribution is -2.30. The van der Waals surface area contributed by atoms with Crippen molar-refractivity contribution in [2.75, 3.05) is 26.4 Å². The molecule has 0 unspecified atom stereocenters. The van der Waals surface area contributed by atoms with Crippen molar-refractivity contribution < 1.29 is 32.6 Å². The van der Waals surface area contributed by atoms with Crippen molar-refractivity contribution in [3.63, 3.8) is 0 Å². The van der Waals surface area contributed by atoms with Crippen LogP contribution in [0.5, 0.6) is 0 Å². The Bertz CT molecular complexity index is 674. The van der Waals surface area contributed by atoms with Crippen LogP contribution in [0.15, 0.2) is 0 Å². The first-order chi connectivity index (χ1) is 23.0. The molecule has 1 saturated heterocycles. The van der Waals surface area contributed by atoms with E-state index in [1.807, 2.05) is 0 Å². The van der Waals surface area contributed by atoms with Gasteiger partial charge in [0, 0.05) is 19.3 Å². The normalized spacial score (nSPS) is 14.5. The van der Waals surface area contributed by atoms with Crippen LogP contribution in [0.2, 0.25) is 0 Å². The Labute approximate surface area is 295 Å². The maximum atomic E-state index is 12.4. The fraction of sp³-hybridized carbons (Fsp3) is 0.947. The van der Waals surface area contributed by atoms with Gasteiger partial charge in [-0.05, 0) is 12.8 Å². The predicted octanol–water partition coefficient (Wildman–Crippen LogP) is 12.1. The summed E-state index contributed by atoms with van der Waals surface area (Å²) in [5.41, 5.74) is 0. The van der Waals surface area contributed by atoms with E-state index in [1.54, 1.807) is 0 Å². The second kappa shape index (κ2) is 32.8. The van der Waals surface area contributed by atoms with Crippen LogP contribution in [-0.2, 0) is 44.9 Å². The summed E-state index contributed by atoms with van der Waals surface area (Å²) in [6, 6.07) is 0. The largest absolute Gasteiger partial charge is 0.463 e. The van der Waals surface area contributed by atoms with Crippen LogP contribution in [-0.4, -0.2) is 44.5 Å². The second-order valence-corrected chi connectivity index (χ2v) is 16.5. The summed E-state index contributed by atoms with van der Waals surface area (Å²) in [7, 11) is -2.94. The molecular weight excluding hydrogens is 631 g/mol. The molecule has 0 bridgehead atoms. The smallest absolute Gasteiger partial charge is 0.305 e. The van der Waals surface area contributed by atoms with E-state index in [9.17, 15) is 9.59 Å². The number of carbonyl (C=O) groups is 2. The van der Waals surface area contributed by atoms with Gasteiger partial charge in [0.1, 0.15) is 13.2 Å². The van der Waals surface area contributed by atoms with Gasteiger partial charge in [0.2, 0.25) is 0 Å². The number of rotatable bonds is 34. The van der Waals surface area contributed by atoms with Crippen molar-refractivity contribution in [1.29, 1.82) is 0 Å². The monoisotopic (exact) mass is 704 g/mol. The molecular formula is C38H73O7PS. The molecule has 0 radical (unpaired) electrons. The Balaban J connectivity index is 2.16. The summed E-state index contributed by atoms with van der Waals surface area (Å²) in [4.78, 5) is 24.9. The molecule has 1 aliphatic heterocycles. The highest BCUT2D eigenvalue weighted by Crippen LogP contribution is 2.62. The third-order valence-corrected chi connectivity index (χ3v) is 11.3. The molecule has 1 heterocycles. The summed E-state index contributed by atoms with van der Waals surface area (Å²) in [5.74, 6) is -0.524. The summed E-state index contributed by atoms with van der Waals surface area (Å²) >= 11 is 5.48. The lowest BCUT2D eigenvalue weighted by Gasteiger charge is -2.32. The van der Waals surface area contributed by atoms with Gasteiger partial charge in [0.05, 0.1) is 13.2 Å². The zero-order valence-electron chi connectivity index (χ0n) is 30.6. The van der Waals surface area contributed by atoms with E-state index in [1.165, 1.54) is 128 Å². The Morgan fingerprint density at radius 1 is 0.532 bits per heavy atom. The molecule has 0 atom stereocenters. The van der Waals surface area contributed by atoms with Crippen LogP contribution < -0.4 is 0 Å². The van der Waals surface area contributed by atoms with Crippen LogP contribution in [0.1, 0.15) is 200 Å². The zero-order chi connectivity index (χ0) is 34.1. The van der Waals surface area contributed by atoms with Gasteiger partial charge < -0.3 is 21.7 Å². The summed E-state index contributed by atoms with van der Waals surface area (Å²) < 4.78 is 28.2. The molecule has 0 saturated carbocycles. The number of ether oxygens (including phenoxy) is 2. The van der Waals surface area contributed by atoms with Gasteiger partial charge >= 0.3 is 11.9 Å². The van der Waals surface area contributed by atoms with E-state index in [2.05, 4.69) is 13.8 Å². The fourth-order valence-corrected chi connectivity index (χ4v) is 8.09. The molecule has 1 aliphatic rings. The highest BCUT2D eigenvalue weighted by Gasteiger charge is 2.37. The maximum Gasteiger partial charge on any atom is 0.305 e. The Kier molecular flexibility index (Phi) is 31.1. The van der Waals surface area contributed by atoms with E-state index >= 15 is 0 Å². The molecule has 0 amide bonds. The lowest BCUT2D eigenvalue weighted by atomic mass is 10.0. The second-order valence-electron chi connectivity index (χ2n) is 13.5. The number of hydrogen-bond donors (Lipinski definition) is 0. The average Bonchev–Trinajstić information content (AvgIpc) is 3.06. The van der Waals surface area contributed by atoms with Gasteiger partial charge in [-0.25, -0.2) is 0 Å². The van der Waals surface area contributed by atoms with E-state index in [0.717, 1.165) is 44.9 Å². The van der Waals surface area contributed by atoms with Crippen molar-refractivity contribution in [3.05, 3.63) is 0 Å². The minimum Gasteiger partial charge on any atom is -0.463 e. The Morgan fingerprint density at radius 2 is 0.830 bits per heavy atom. The number of hydrogen-bond acceptors (Lipinski definition) is 8. The van der Waals surface area contributed by atoms with Gasteiger partial charge in [-0.3, -0.25) is 9.59 Å². The predicted molar refractivity (Wildman–Crippen MR) is 198 cm³/mol. The van der Waals surface area contributed by atoms with Crippen molar-refractivity contribution in [2.24, 2.45) is 0 Å². The van der Waals surface area contributed by atoms with E-state index in [0.29, 0.717) is 26.1 Å². The molecule has 278 valence electrons. The molecule has 0 N–H and O–H groups in total. The third-order valence-electron chi connectivity index (χ3n) is 8.89. The maximum absolute atomic E-state index is 12.4. The molecule has 0 spiro atoms. The molecule has 1 rings (SSSR count). The van der Waals surface area contributed by atoms with Gasteiger partial charge in [0.25, 0.3) is 7.15 Å². The van der Waals surface area contributed by atoms with Gasteiger partial charge in [-0.2, -0.15) is 13.6 Å². The van der Waals surface area contributed by atoms with Crippen molar-refractivity contribution in [3.8, 4) is 0 Å². The molecule has 1 fully saturated rings. The van der Waals surface area contributed by atoms with Crippen LogP contribution >= 0.6 is 7.15 Å². The van der Waals surface area contributed by atoms with Crippen LogP contribution in [0.3, 0.4) is 0 Å². The van der Waals surface area contributed by atoms with Crippen LogP contribution in [0.4, 0.5) is 0 Å². The van der Waals surface area contributed by atoms with E-state index < -0.39 is 13.2 Å². The molecule has 0 aliphatic carbocycles. The topological polar surface area (TPSA) is 80.3 Å². The first kappa shape index (κ1) is 44.6. The quantitative estimate of drug-likeness (QED) is 0.0283. The van der Waals surface area contributed by atoms with Crippen molar-refractivity contribution >= 4 is 31.3 Å². The molecule has 7 nitrogen and oxygen atoms in total. The fourth-order valence-electron chi connectivity index (χ4n) is 5.89. The minimum absolute atomic E-state index is 0.0333. The minimum atomic E-state index is -2.94. The summed E-state index contributed by atoms with van der Waals surface area (Å²) in [6.07, 6.45) is 33.6. The highest BCUT2D eigenvalue weighted by atomic mass is 32.7. The standard InChI is InChI=1S/C38H73O7PS/c1-3-5-7-9-11-13-15-17-19-21-23-25-27-30-37(39)41-34-36(45-46(47)43-32-29-33-44-46)35-42-38(40)31-28-26-24-22-20-18-16-14-12-10-8-6-4-2/h36H,3-35H2,1-2H3.